The molecule has 0 aliphatic rings. The van der Waals surface area contributed by atoms with Crippen LogP contribution in [0.5, 0.6) is 0 Å². The molecule has 0 spiro atoms. The molecular formula is C21H11ClN8. The number of imidazole rings is 1. The lowest BCUT2D eigenvalue weighted by atomic mass is 10.2. The van der Waals surface area contributed by atoms with Crippen LogP contribution in [0.15, 0.2) is 48.5 Å². The maximum atomic E-state index is 9.43. The van der Waals surface area contributed by atoms with Gasteiger partial charge in [-0.1, -0.05) is 23.7 Å². The van der Waals surface area contributed by atoms with Gasteiger partial charge in [0, 0.05) is 10.7 Å². The van der Waals surface area contributed by atoms with Crippen LogP contribution in [0.3, 0.4) is 0 Å². The molecule has 8 nitrogen and oxygen atoms in total. The number of benzene rings is 2. The van der Waals surface area contributed by atoms with Crippen LogP contribution in [-0.4, -0.2) is 24.5 Å². The van der Waals surface area contributed by atoms with E-state index in [1.807, 2.05) is 36.4 Å². The Morgan fingerprint density at radius 3 is 2.33 bits per heavy atom. The Labute approximate surface area is 174 Å². The number of aromatic amines is 1. The highest BCUT2D eigenvalue weighted by Crippen LogP contribution is 2.37. The number of hydrogen-bond donors (Lipinski definition) is 2. The number of hydrogen-bond acceptors (Lipinski definition) is 6. The first-order chi connectivity index (χ1) is 14.6. The van der Waals surface area contributed by atoms with Crippen molar-refractivity contribution in [3.63, 3.8) is 0 Å². The molecule has 5 rings (SSSR count). The van der Waals surface area contributed by atoms with Crippen LogP contribution >= 0.6 is 11.6 Å². The molecule has 0 aliphatic heterocycles. The molecular weight excluding hydrogens is 400 g/mol. The molecule has 2 aromatic carbocycles. The molecule has 30 heavy (non-hydrogen) atoms. The number of nitrogen functional groups attached to an aromatic ring is 1. The molecule has 9 heteroatoms. The zero-order valence-electron chi connectivity index (χ0n) is 15.3. The number of nitrogens with two attached hydrogens (primary N) is 1. The monoisotopic (exact) mass is 410 g/mol. The number of H-pyrrole nitrogens is 1. The number of para-hydroxylation sites is 2. The third kappa shape index (κ3) is 2.56. The average molecular weight is 411 g/mol. The highest BCUT2D eigenvalue weighted by atomic mass is 35.5. The molecule has 0 saturated carbocycles. The Kier molecular flexibility index (Phi) is 3.88. The van der Waals surface area contributed by atoms with Crippen molar-refractivity contribution in [3.8, 4) is 29.2 Å². The molecule has 0 fully saturated rings. The van der Waals surface area contributed by atoms with E-state index < -0.39 is 0 Å². The van der Waals surface area contributed by atoms with E-state index in [2.05, 4.69) is 19.9 Å². The van der Waals surface area contributed by atoms with Crippen LogP contribution in [0.2, 0.25) is 5.02 Å². The molecule has 0 bridgehead atoms. The van der Waals surface area contributed by atoms with Gasteiger partial charge < -0.3 is 10.7 Å². The van der Waals surface area contributed by atoms with Gasteiger partial charge in [-0.15, -0.1) is 0 Å². The van der Waals surface area contributed by atoms with Crippen LogP contribution in [0.25, 0.3) is 39.3 Å². The van der Waals surface area contributed by atoms with Crippen LogP contribution in [0.1, 0.15) is 11.4 Å². The third-order valence-corrected chi connectivity index (χ3v) is 5.00. The summed E-state index contributed by atoms with van der Waals surface area (Å²) in [5, 5.41) is 19.4. The maximum Gasteiger partial charge on any atom is 0.179 e. The predicted molar refractivity (Wildman–Crippen MR) is 113 cm³/mol. The fraction of sp³-hybridized carbons (Fsp3) is 0. The minimum Gasteiger partial charge on any atom is -0.384 e. The number of anilines is 1. The molecule has 0 radical (unpaired) electrons. The van der Waals surface area contributed by atoms with Crippen LogP contribution in [0, 0.1) is 22.7 Å². The van der Waals surface area contributed by atoms with Gasteiger partial charge >= 0.3 is 0 Å². The second-order valence-corrected chi connectivity index (χ2v) is 6.93. The average Bonchev–Trinajstić information content (AvgIpc) is 3.30. The first-order valence-electron chi connectivity index (χ1n) is 8.84. The summed E-state index contributed by atoms with van der Waals surface area (Å²) in [5.41, 5.74) is 9.91. The zero-order chi connectivity index (χ0) is 20.8. The molecule has 0 unspecified atom stereocenters. The summed E-state index contributed by atoms with van der Waals surface area (Å²) in [6.45, 7) is 0. The summed E-state index contributed by atoms with van der Waals surface area (Å²) in [4.78, 5) is 16.7. The van der Waals surface area contributed by atoms with Crippen molar-refractivity contribution < 1.29 is 0 Å². The highest BCUT2D eigenvalue weighted by Gasteiger charge is 2.24. The normalized spacial score (nSPS) is 10.9. The van der Waals surface area contributed by atoms with Crippen molar-refractivity contribution in [2.75, 3.05) is 5.73 Å². The Morgan fingerprint density at radius 1 is 0.933 bits per heavy atom. The van der Waals surface area contributed by atoms with Crippen LogP contribution in [-0.2, 0) is 0 Å². The molecule has 0 aliphatic carbocycles. The van der Waals surface area contributed by atoms with Crippen LogP contribution in [0.4, 0.5) is 5.82 Å². The Morgan fingerprint density at radius 2 is 1.63 bits per heavy atom. The van der Waals surface area contributed by atoms with E-state index in [9.17, 15) is 10.5 Å². The second-order valence-electron chi connectivity index (χ2n) is 6.49. The number of fused-ring (bicyclic) bond motifs is 2. The van der Waals surface area contributed by atoms with Gasteiger partial charge in [-0.2, -0.15) is 10.5 Å². The lowest BCUT2D eigenvalue weighted by Crippen LogP contribution is -2.02. The largest absolute Gasteiger partial charge is 0.384 e. The van der Waals surface area contributed by atoms with E-state index in [1.165, 1.54) is 0 Å². The number of rotatable bonds is 2. The van der Waals surface area contributed by atoms with Gasteiger partial charge in [0.15, 0.2) is 17.0 Å². The molecule has 3 aromatic heterocycles. The first-order valence-corrected chi connectivity index (χ1v) is 9.21. The molecule has 0 saturated heterocycles. The topological polar surface area (TPSA) is 133 Å². The smallest absolute Gasteiger partial charge is 0.179 e. The summed E-state index contributed by atoms with van der Waals surface area (Å²) < 4.78 is 1.67. The van der Waals surface area contributed by atoms with Crippen molar-refractivity contribution in [1.82, 2.24) is 24.5 Å². The minimum absolute atomic E-state index is 0.0735. The quantitative estimate of drug-likeness (QED) is 0.452. The maximum absolute atomic E-state index is 9.43. The lowest BCUT2D eigenvalue weighted by molar-refractivity contribution is 1.08. The van der Waals surface area contributed by atoms with Gasteiger partial charge in [-0.05, 0) is 36.4 Å². The summed E-state index contributed by atoms with van der Waals surface area (Å²) in [6.07, 6.45) is 0. The van der Waals surface area contributed by atoms with Crippen molar-refractivity contribution in [3.05, 3.63) is 64.9 Å². The second kappa shape index (κ2) is 6.59. The third-order valence-electron chi connectivity index (χ3n) is 4.75. The fourth-order valence-electron chi connectivity index (χ4n) is 3.41. The lowest BCUT2D eigenvalue weighted by Gasteiger charge is -2.07. The number of nitriles is 2. The van der Waals surface area contributed by atoms with Gasteiger partial charge in [0.1, 0.15) is 29.3 Å². The summed E-state index contributed by atoms with van der Waals surface area (Å²) in [5.74, 6) is 0.819. The summed E-state index contributed by atoms with van der Waals surface area (Å²) in [7, 11) is 0. The van der Waals surface area contributed by atoms with E-state index >= 15 is 0 Å². The zero-order valence-corrected chi connectivity index (χ0v) is 16.0. The van der Waals surface area contributed by atoms with Gasteiger partial charge in [-0.3, -0.25) is 4.57 Å². The van der Waals surface area contributed by atoms with E-state index in [1.54, 1.807) is 28.8 Å². The molecule has 3 heterocycles. The first kappa shape index (κ1) is 17.7. The van der Waals surface area contributed by atoms with E-state index in [0.717, 1.165) is 11.0 Å². The van der Waals surface area contributed by atoms with Gasteiger partial charge in [0.05, 0.1) is 16.6 Å². The number of nitrogens with zero attached hydrogens (tertiary/aromatic N) is 6. The van der Waals surface area contributed by atoms with Crippen molar-refractivity contribution in [1.29, 1.82) is 10.5 Å². The highest BCUT2D eigenvalue weighted by molar-refractivity contribution is 6.30. The van der Waals surface area contributed by atoms with Crippen LogP contribution < -0.4 is 5.73 Å². The molecule has 3 N–H and O–H groups in total. The Bertz CT molecular complexity index is 1500. The molecule has 5 aromatic rings. The number of halogens is 1. The fourth-order valence-corrected chi connectivity index (χ4v) is 3.54. The summed E-state index contributed by atoms with van der Waals surface area (Å²) >= 11 is 6.03. The van der Waals surface area contributed by atoms with E-state index in [4.69, 9.17) is 17.3 Å². The molecule has 0 atom stereocenters. The predicted octanol–water partition coefficient (Wildman–Crippen LogP) is 3.94. The SMILES string of the molecule is N#Cc1nc2c(-c3nc4ccccc4[nH]3)c(N)n(-c3ccc(Cl)cc3)c2nc1C#N. The van der Waals surface area contributed by atoms with Crippen molar-refractivity contribution >= 4 is 39.6 Å². The van der Waals surface area contributed by atoms with Crippen molar-refractivity contribution in [2.45, 2.75) is 0 Å². The Hall–Kier alpha value is -4.40. The van der Waals surface area contributed by atoms with Crippen molar-refractivity contribution in [2.24, 2.45) is 0 Å². The molecule has 0 amide bonds. The molecule has 142 valence electrons. The van der Waals surface area contributed by atoms with Gasteiger partial charge in [0.2, 0.25) is 0 Å². The van der Waals surface area contributed by atoms with Gasteiger partial charge in [-0.25, -0.2) is 15.0 Å². The standard InChI is InChI=1S/C21H11ClN8/c22-11-5-7-12(8-6-11)30-19(25)17(20-27-13-3-1-2-4-14(13)28-20)18-21(30)29-16(10-24)15(9-23)26-18/h1-8H,25H2,(H,27,28). The van der Waals surface area contributed by atoms with Gasteiger partial charge in [0.25, 0.3) is 0 Å². The number of aromatic nitrogens is 5. The van der Waals surface area contributed by atoms with E-state index in [-0.39, 0.29) is 11.4 Å². The van der Waals surface area contributed by atoms with E-state index in [0.29, 0.717) is 39.1 Å². The Balaban J connectivity index is 1.90. The number of nitrogens with one attached hydrogen (secondary N) is 1. The minimum atomic E-state index is -0.0751. The summed E-state index contributed by atoms with van der Waals surface area (Å²) in [6, 6.07) is 18.4.